The number of benzene rings is 5. The van der Waals surface area contributed by atoms with Gasteiger partial charge in [-0.3, -0.25) is 0 Å². The van der Waals surface area contributed by atoms with Crippen LogP contribution in [0.25, 0.3) is 28.0 Å². The van der Waals surface area contributed by atoms with Crippen molar-refractivity contribution in [3.63, 3.8) is 0 Å². The maximum absolute atomic E-state index is 7.38. The number of hydrogen-bond acceptors (Lipinski definition) is 5. The van der Waals surface area contributed by atoms with Crippen molar-refractivity contribution in [2.75, 3.05) is 28.4 Å². The molecule has 0 spiro atoms. The normalized spacial score (nSPS) is 15.2. The first-order valence-electron chi connectivity index (χ1n) is 14.4. The van der Waals surface area contributed by atoms with Crippen LogP contribution < -0.4 is 23.7 Å². The highest BCUT2D eigenvalue weighted by molar-refractivity contribution is 6.09. The van der Waals surface area contributed by atoms with E-state index in [0.717, 1.165) is 44.7 Å². The molecule has 1 aliphatic carbocycles. The van der Waals surface area contributed by atoms with E-state index in [4.69, 9.17) is 23.7 Å². The summed E-state index contributed by atoms with van der Waals surface area (Å²) in [7, 11) is 6.70. The summed E-state index contributed by atoms with van der Waals surface area (Å²) < 4.78 is 30.0. The summed E-state index contributed by atoms with van der Waals surface area (Å²) in [5.74, 6) is 3.72. The minimum absolute atomic E-state index is 0.245. The molecule has 0 radical (unpaired) electrons. The average Bonchev–Trinajstić information content (AvgIpc) is 3.30. The molecule has 0 saturated carbocycles. The van der Waals surface area contributed by atoms with E-state index < -0.39 is 5.60 Å². The van der Waals surface area contributed by atoms with E-state index in [1.165, 1.54) is 22.3 Å². The molecular weight excluding hydrogens is 536 g/mol. The molecule has 0 amide bonds. The number of methoxy groups -OCH3 is 4. The monoisotopic (exact) mass is 570 g/mol. The molecule has 5 heteroatoms. The summed E-state index contributed by atoms with van der Waals surface area (Å²) in [4.78, 5) is 0. The van der Waals surface area contributed by atoms with E-state index in [0.29, 0.717) is 11.5 Å². The smallest absolute Gasteiger partial charge is 0.178 e. The first kappa shape index (κ1) is 27.0. The molecule has 1 heterocycles. The Kier molecular flexibility index (Phi) is 6.17. The van der Waals surface area contributed by atoms with Gasteiger partial charge in [0.2, 0.25) is 0 Å². The van der Waals surface area contributed by atoms with E-state index in [1.54, 1.807) is 28.4 Å². The van der Waals surface area contributed by atoms with Gasteiger partial charge in [-0.05, 0) is 70.1 Å². The van der Waals surface area contributed by atoms with Crippen molar-refractivity contribution in [2.24, 2.45) is 0 Å². The van der Waals surface area contributed by atoms with Crippen LogP contribution in [-0.4, -0.2) is 28.4 Å². The van der Waals surface area contributed by atoms with Crippen LogP contribution in [0.1, 0.15) is 41.7 Å². The number of rotatable bonds is 6. The Morgan fingerprint density at radius 2 is 1.19 bits per heavy atom. The molecule has 0 fully saturated rings. The summed E-state index contributed by atoms with van der Waals surface area (Å²) in [6, 6.07) is 29.0. The summed E-state index contributed by atoms with van der Waals surface area (Å²) >= 11 is 0. The van der Waals surface area contributed by atoms with Gasteiger partial charge in [0.1, 0.15) is 17.2 Å². The molecule has 216 valence electrons. The fourth-order valence-electron chi connectivity index (χ4n) is 6.93. The zero-order valence-electron chi connectivity index (χ0n) is 25.3. The fourth-order valence-corrected chi connectivity index (χ4v) is 6.93. The lowest BCUT2D eigenvalue weighted by Gasteiger charge is -2.38. The Bertz CT molecular complexity index is 1850. The number of hydrogen-bond donors (Lipinski definition) is 0. The third kappa shape index (κ3) is 3.84. The van der Waals surface area contributed by atoms with E-state index in [-0.39, 0.29) is 5.41 Å². The van der Waals surface area contributed by atoms with Crippen LogP contribution >= 0.6 is 0 Å². The SMILES string of the molecule is COc1ccc(C2(c3ccc(OC)cc3)C=Cc3c4c(c5cc(OC)c(OC)cc5c3O2)-c2ccccc2C4(C)C)cc1. The summed E-state index contributed by atoms with van der Waals surface area (Å²) in [6.45, 7) is 4.60. The topological polar surface area (TPSA) is 46.2 Å². The van der Waals surface area contributed by atoms with Crippen molar-refractivity contribution >= 4 is 16.8 Å². The molecule has 0 saturated heterocycles. The van der Waals surface area contributed by atoms with Gasteiger partial charge in [-0.2, -0.15) is 0 Å². The molecule has 0 unspecified atom stereocenters. The molecule has 5 nitrogen and oxygen atoms in total. The predicted molar refractivity (Wildman–Crippen MR) is 171 cm³/mol. The zero-order chi connectivity index (χ0) is 29.9. The lowest BCUT2D eigenvalue weighted by Crippen LogP contribution is -2.35. The molecule has 7 rings (SSSR count). The van der Waals surface area contributed by atoms with Crippen molar-refractivity contribution in [2.45, 2.75) is 24.9 Å². The molecule has 5 aromatic rings. The highest BCUT2D eigenvalue weighted by atomic mass is 16.5. The van der Waals surface area contributed by atoms with Gasteiger partial charge in [0.25, 0.3) is 0 Å². The highest BCUT2D eigenvalue weighted by Crippen LogP contribution is 2.59. The van der Waals surface area contributed by atoms with Crippen molar-refractivity contribution in [1.82, 2.24) is 0 Å². The molecule has 43 heavy (non-hydrogen) atoms. The lowest BCUT2D eigenvalue weighted by molar-refractivity contribution is 0.163. The Morgan fingerprint density at radius 3 is 1.74 bits per heavy atom. The molecular formula is C38H34O5. The van der Waals surface area contributed by atoms with Crippen LogP contribution in [0.4, 0.5) is 0 Å². The molecule has 0 atom stereocenters. The van der Waals surface area contributed by atoms with Crippen LogP contribution in [-0.2, 0) is 11.0 Å². The second-order valence-corrected chi connectivity index (χ2v) is 11.5. The third-order valence-electron chi connectivity index (χ3n) is 9.08. The minimum Gasteiger partial charge on any atom is -0.497 e. The van der Waals surface area contributed by atoms with Crippen LogP contribution in [0.3, 0.4) is 0 Å². The fraction of sp³-hybridized carbons (Fsp3) is 0.211. The number of fused-ring (bicyclic) bond motifs is 8. The molecule has 1 aliphatic heterocycles. The van der Waals surface area contributed by atoms with E-state index >= 15 is 0 Å². The van der Waals surface area contributed by atoms with Gasteiger partial charge in [0.05, 0.1) is 28.4 Å². The van der Waals surface area contributed by atoms with Gasteiger partial charge in [0.15, 0.2) is 17.1 Å². The van der Waals surface area contributed by atoms with Crippen molar-refractivity contribution < 1.29 is 23.7 Å². The highest BCUT2D eigenvalue weighted by Gasteiger charge is 2.44. The molecule has 0 aromatic heterocycles. The van der Waals surface area contributed by atoms with Gasteiger partial charge < -0.3 is 23.7 Å². The van der Waals surface area contributed by atoms with Crippen LogP contribution in [0, 0.1) is 0 Å². The van der Waals surface area contributed by atoms with E-state index in [1.807, 2.05) is 30.3 Å². The van der Waals surface area contributed by atoms with Crippen molar-refractivity contribution in [3.05, 3.63) is 119 Å². The number of ether oxygens (including phenoxy) is 5. The van der Waals surface area contributed by atoms with Crippen molar-refractivity contribution in [3.8, 4) is 39.9 Å². The van der Waals surface area contributed by atoms with Crippen LogP contribution in [0.5, 0.6) is 28.7 Å². The van der Waals surface area contributed by atoms with Crippen LogP contribution in [0.2, 0.25) is 0 Å². The first-order chi connectivity index (χ1) is 20.9. The first-order valence-corrected chi connectivity index (χ1v) is 14.4. The maximum atomic E-state index is 7.38. The van der Waals surface area contributed by atoms with E-state index in [9.17, 15) is 0 Å². The van der Waals surface area contributed by atoms with Gasteiger partial charge in [0, 0.05) is 27.5 Å². The quantitative estimate of drug-likeness (QED) is 0.205. The standard InChI is InChI=1S/C38H34O5/c1-37(2)31-10-8-7-9-27(31)34-29-21-32(41-5)33(42-6)22-30(29)36-28(35(34)37)19-20-38(43-36,23-11-15-25(39-3)16-12-23)24-13-17-26(40-4)18-14-24/h7-22H,1-6H3. The Labute approximate surface area is 252 Å². The zero-order valence-corrected chi connectivity index (χ0v) is 25.3. The summed E-state index contributed by atoms with van der Waals surface area (Å²) in [6.07, 6.45) is 4.43. The van der Waals surface area contributed by atoms with Gasteiger partial charge in [-0.1, -0.05) is 68.5 Å². The summed E-state index contributed by atoms with van der Waals surface area (Å²) in [5.41, 5.74) is 6.88. The van der Waals surface area contributed by atoms with Gasteiger partial charge >= 0.3 is 0 Å². The molecule has 0 N–H and O–H groups in total. The Morgan fingerprint density at radius 1 is 0.628 bits per heavy atom. The average molecular weight is 571 g/mol. The predicted octanol–water partition coefficient (Wildman–Crippen LogP) is 8.53. The second kappa shape index (κ2) is 9.84. The van der Waals surface area contributed by atoms with Gasteiger partial charge in [-0.25, -0.2) is 0 Å². The maximum Gasteiger partial charge on any atom is 0.178 e. The summed E-state index contributed by atoms with van der Waals surface area (Å²) in [5, 5.41) is 2.03. The lowest BCUT2D eigenvalue weighted by atomic mass is 9.76. The van der Waals surface area contributed by atoms with Crippen LogP contribution in [0.15, 0.2) is 91.0 Å². The van der Waals surface area contributed by atoms with Crippen molar-refractivity contribution in [1.29, 1.82) is 0 Å². The Hall–Kier alpha value is -4.90. The molecule has 0 bridgehead atoms. The van der Waals surface area contributed by atoms with E-state index in [2.05, 4.69) is 80.6 Å². The molecule has 5 aromatic carbocycles. The largest absolute Gasteiger partial charge is 0.497 e. The minimum atomic E-state index is -0.907. The Balaban J connectivity index is 1.57. The molecule has 2 aliphatic rings. The third-order valence-corrected chi connectivity index (χ3v) is 9.08. The second-order valence-electron chi connectivity index (χ2n) is 11.5. The van der Waals surface area contributed by atoms with Gasteiger partial charge in [-0.15, -0.1) is 0 Å².